The maximum Gasteiger partial charge on any atom is 0.246 e. The fourth-order valence-corrected chi connectivity index (χ4v) is 2.68. The van der Waals surface area contributed by atoms with Crippen molar-refractivity contribution in [2.24, 2.45) is 0 Å². The minimum absolute atomic E-state index is 0.578. The summed E-state index contributed by atoms with van der Waals surface area (Å²) in [7, 11) is 0. The van der Waals surface area contributed by atoms with Crippen LogP contribution in [0.3, 0.4) is 0 Å². The summed E-state index contributed by atoms with van der Waals surface area (Å²) >= 11 is 0. The van der Waals surface area contributed by atoms with Crippen LogP contribution in [0.1, 0.15) is 38.4 Å². The molecule has 0 radical (unpaired) electrons. The van der Waals surface area contributed by atoms with Crippen LogP contribution in [0.15, 0.2) is 30.7 Å². The number of hydrogen-bond donors (Lipinski definition) is 1. The van der Waals surface area contributed by atoms with E-state index in [2.05, 4.69) is 14.9 Å². The molecule has 0 spiro atoms. The lowest BCUT2D eigenvalue weighted by Gasteiger charge is -2.16. The van der Waals surface area contributed by atoms with Crippen LogP contribution in [0, 0.1) is 0 Å². The quantitative estimate of drug-likeness (QED) is 0.936. The molecule has 1 N–H and O–H groups in total. The van der Waals surface area contributed by atoms with E-state index >= 15 is 0 Å². The molecule has 0 amide bonds. The third-order valence-electron chi connectivity index (χ3n) is 3.82. The smallest absolute Gasteiger partial charge is 0.246 e. The highest BCUT2D eigenvalue weighted by Crippen LogP contribution is 2.41. The number of benzene rings is 1. The van der Waals surface area contributed by atoms with Crippen molar-refractivity contribution in [3.8, 4) is 11.5 Å². The molecule has 1 fully saturated rings. The van der Waals surface area contributed by atoms with Gasteiger partial charge in [0.05, 0.1) is 18.6 Å². The van der Waals surface area contributed by atoms with Gasteiger partial charge in [-0.25, -0.2) is 4.98 Å². The van der Waals surface area contributed by atoms with E-state index in [0.717, 1.165) is 23.7 Å². The molecule has 0 atom stereocenters. The molecule has 0 bridgehead atoms. The number of imidazole rings is 1. The lowest BCUT2D eigenvalue weighted by atomic mass is 10.2. The van der Waals surface area contributed by atoms with Crippen molar-refractivity contribution < 1.29 is 9.47 Å². The molecule has 0 saturated heterocycles. The average molecular weight is 285 g/mol. The summed E-state index contributed by atoms with van der Waals surface area (Å²) < 4.78 is 13.7. The Morgan fingerprint density at radius 2 is 2.10 bits per heavy atom. The van der Waals surface area contributed by atoms with Crippen molar-refractivity contribution in [2.75, 3.05) is 5.32 Å². The zero-order chi connectivity index (χ0) is 14.4. The maximum absolute atomic E-state index is 5.76. The van der Waals surface area contributed by atoms with E-state index < -0.39 is 5.79 Å². The third kappa shape index (κ3) is 2.44. The minimum atomic E-state index is -0.578. The molecule has 110 valence electrons. The van der Waals surface area contributed by atoms with Crippen LogP contribution >= 0.6 is 0 Å². The van der Waals surface area contributed by atoms with E-state index in [0.29, 0.717) is 6.04 Å². The first-order valence-corrected chi connectivity index (χ1v) is 7.37. The van der Waals surface area contributed by atoms with E-state index in [1.165, 1.54) is 18.5 Å². The average Bonchev–Trinajstić information content (AvgIpc) is 3.08. The Balaban J connectivity index is 1.47. The van der Waals surface area contributed by atoms with Crippen LogP contribution < -0.4 is 14.8 Å². The zero-order valence-corrected chi connectivity index (χ0v) is 12.3. The molecule has 1 saturated carbocycles. The van der Waals surface area contributed by atoms with Crippen LogP contribution in [0.2, 0.25) is 0 Å². The molecule has 4 rings (SSSR count). The molecule has 1 aliphatic carbocycles. The van der Waals surface area contributed by atoms with Crippen molar-refractivity contribution in [1.82, 2.24) is 9.55 Å². The van der Waals surface area contributed by atoms with Gasteiger partial charge in [-0.1, -0.05) is 0 Å². The summed E-state index contributed by atoms with van der Waals surface area (Å²) in [6.07, 6.45) is 6.39. The first kappa shape index (κ1) is 12.6. The molecular formula is C16H19N3O2. The van der Waals surface area contributed by atoms with Gasteiger partial charge in [0.2, 0.25) is 5.79 Å². The van der Waals surface area contributed by atoms with Gasteiger partial charge in [-0.3, -0.25) is 0 Å². The van der Waals surface area contributed by atoms with Crippen LogP contribution in [0.25, 0.3) is 0 Å². The first-order valence-electron chi connectivity index (χ1n) is 7.37. The number of hydrogen-bond acceptors (Lipinski definition) is 4. The highest BCUT2D eigenvalue weighted by atomic mass is 16.7. The summed E-state index contributed by atoms with van der Waals surface area (Å²) in [6, 6.07) is 6.61. The number of ether oxygens (including phenoxy) is 2. The van der Waals surface area contributed by atoms with Crippen LogP contribution in [-0.4, -0.2) is 15.3 Å². The van der Waals surface area contributed by atoms with Gasteiger partial charge in [0.15, 0.2) is 11.5 Å². The molecular weight excluding hydrogens is 266 g/mol. The lowest BCUT2D eigenvalue weighted by molar-refractivity contribution is -0.0431. The van der Waals surface area contributed by atoms with Crippen LogP contribution in [0.5, 0.6) is 11.5 Å². The number of anilines is 1. The van der Waals surface area contributed by atoms with E-state index in [1.54, 1.807) is 0 Å². The number of aromatic nitrogens is 2. The van der Waals surface area contributed by atoms with Gasteiger partial charge < -0.3 is 19.4 Å². The Bertz CT molecular complexity index is 674. The maximum atomic E-state index is 5.76. The van der Waals surface area contributed by atoms with Crippen molar-refractivity contribution in [2.45, 2.75) is 45.1 Å². The highest BCUT2D eigenvalue weighted by molar-refractivity contribution is 5.56. The van der Waals surface area contributed by atoms with E-state index in [9.17, 15) is 0 Å². The zero-order valence-electron chi connectivity index (χ0n) is 12.3. The second-order valence-electron chi connectivity index (χ2n) is 6.14. The molecule has 1 aromatic heterocycles. The number of rotatable bonds is 4. The van der Waals surface area contributed by atoms with Crippen LogP contribution in [0.4, 0.5) is 5.69 Å². The fourth-order valence-electron chi connectivity index (χ4n) is 2.68. The molecule has 1 aromatic carbocycles. The third-order valence-corrected chi connectivity index (χ3v) is 3.82. The Morgan fingerprint density at radius 1 is 1.29 bits per heavy atom. The topological polar surface area (TPSA) is 48.3 Å². The molecule has 2 aromatic rings. The number of nitrogens with one attached hydrogen (secondary N) is 1. The molecule has 5 nitrogen and oxygen atoms in total. The summed E-state index contributed by atoms with van der Waals surface area (Å²) in [5, 5.41) is 3.43. The standard InChI is InChI=1S/C16H19N3O2/c1-16(2)20-14-6-3-11(7-15(14)21-16)18-9-13-8-17-10-19(13)12-4-5-12/h3,6-8,10,12,18H,4-5,9H2,1-2H3. The summed E-state index contributed by atoms with van der Waals surface area (Å²) in [4.78, 5) is 4.25. The van der Waals surface area contributed by atoms with Gasteiger partial charge in [-0.2, -0.15) is 0 Å². The number of nitrogens with zero attached hydrogens (tertiary/aromatic N) is 2. The van der Waals surface area contributed by atoms with Gasteiger partial charge in [-0.05, 0) is 25.0 Å². The summed E-state index contributed by atoms with van der Waals surface area (Å²) in [5.74, 6) is 1.01. The summed E-state index contributed by atoms with van der Waals surface area (Å²) in [5.41, 5.74) is 2.24. The Labute approximate surface area is 123 Å². The Morgan fingerprint density at radius 3 is 2.90 bits per heavy atom. The van der Waals surface area contributed by atoms with Gasteiger partial charge in [0.25, 0.3) is 0 Å². The number of fused-ring (bicyclic) bond motifs is 1. The largest absolute Gasteiger partial charge is 0.449 e. The summed E-state index contributed by atoms with van der Waals surface area (Å²) in [6.45, 7) is 4.59. The molecule has 21 heavy (non-hydrogen) atoms. The SMILES string of the molecule is CC1(C)Oc2ccc(NCc3cncn3C3CC3)cc2O1. The second kappa shape index (κ2) is 4.41. The fraction of sp³-hybridized carbons (Fsp3) is 0.438. The second-order valence-corrected chi connectivity index (χ2v) is 6.14. The van der Waals surface area contributed by atoms with E-state index in [1.807, 2.05) is 44.6 Å². The monoisotopic (exact) mass is 285 g/mol. The van der Waals surface area contributed by atoms with Gasteiger partial charge in [-0.15, -0.1) is 0 Å². The molecule has 5 heteroatoms. The molecule has 1 aliphatic heterocycles. The molecule has 2 aliphatic rings. The highest BCUT2D eigenvalue weighted by Gasteiger charge is 2.31. The predicted octanol–water partition coefficient (Wildman–Crippen LogP) is 3.34. The molecule has 2 heterocycles. The Kier molecular flexibility index (Phi) is 2.64. The van der Waals surface area contributed by atoms with E-state index in [-0.39, 0.29) is 0 Å². The van der Waals surface area contributed by atoms with Crippen molar-refractivity contribution in [1.29, 1.82) is 0 Å². The predicted molar refractivity (Wildman–Crippen MR) is 79.6 cm³/mol. The lowest BCUT2D eigenvalue weighted by Crippen LogP contribution is -2.29. The van der Waals surface area contributed by atoms with Gasteiger partial charge >= 0.3 is 0 Å². The Hall–Kier alpha value is -2.17. The first-order chi connectivity index (χ1) is 10.1. The van der Waals surface area contributed by atoms with E-state index in [4.69, 9.17) is 9.47 Å². The van der Waals surface area contributed by atoms with Crippen molar-refractivity contribution in [3.05, 3.63) is 36.4 Å². The molecule has 0 unspecified atom stereocenters. The van der Waals surface area contributed by atoms with Crippen molar-refractivity contribution >= 4 is 5.69 Å². The van der Waals surface area contributed by atoms with Gasteiger partial charge in [0.1, 0.15) is 0 Å². The van der Waals surface area contributed by atoms with Gasteiger partial charge in [0, 0.05) is 37.8 Å². The minimum Gasteiger partial charge on any atom is -0.449 e. The normalized spacial score (nSPS) is 18.8. The van der Waals surface area contributed by atoms with Crippen LogP contribution in [-0.2, 0) is 6.54 Å². The van der Waals surface area contributed by atoms with Crippen molar-refractivity contribution in [3.63, 3.8) is 0 Å².